The van der Waals surface area contributed by atoms with E-state index in [0.717, 1.165) is 16.7 Å². The molecule has 0 bridgehead atoms. The van der Waals surface area contributed by atoms with E-state index in [2.05, 4.69) is 16.8 Å². The summed E-state index contributed by atoms with van der Waals surface area (Å²) >= 11 is 0. The normalized spacial score (nSPS) is 9.96. The zero-order chi connectivity index (χ0) is 17.1. The Morgan fingerprint density at radius 2 is 1.70 bits per heavy atom. The largest absolute Gasteiger partial charge is 0.477 e. The first-order valence-electron chi connectivity index (χ1n) is 7.27. The van der Waals surface area contributed by atoms with Gasteiger partial charge < -0.3 is 9.84 Å². The van der Waals surface area contributed by atoms with Crippen LogP contribution in [0.5, 0.6) is 11.6 Å². The molecule has 0 unspecified atom stereocenters. The second kappa shape index (κ2) is 6.53. The smallest absolute Gasteiger partial charge is 0.341 e. The number of carbonyl (C=O) groups is 1. The van der Waals surface area contributed by atoms with Crippen LogP contribution in [0.4, 0.5) is 0 Å². The molecule has 0 aliphatic carbocycles. The summed E-state index contributed by atoms with van der Waals surface area (Å²) in [7, 11) is 0. The number of benzene rings is 1. The number of nitrogens with zero attached hydrogens (tertiary/aromatic N) is 1. The topological polar surface area (TPSA) is 59.4 Å². The van der Waals surface area contributed by atoms with Crippen LogP contribution in [-0.4, -0.2) is 16.1 Å². The van der Waals surface area contributed by atoms with E-state index >= 15 is 0 Å². The molecular weight excluding hydrogens is 290 g/mol. The summed E-state index contributed by atoms with van der Waals surface area (Å²) in [5, 5.41) is 9.42. The van der Waals surface area contributed by atoms with Crippen molar-refractivity contribution in [2.75, 3.05) is 0 Å². The highest BCUT2D eigenvalue weighted by Crippen LogP contribution is 2.31. The predicted octanol–water partition coefficient (Wildman–Crippen LogP) is 4.18. The Kier molecular flexibility index (Phi) is 4.71. The number of hydrogen-bond donors (Lipinski definition) is 1. The van der Waals surface area contributed by atoms with Gasteiger partial charge in [-0.3, -0.25) is 0 Å². The van der Waals surface area contributed by atoms with Crippen molar-refractivity contribution in [1.82, 2.24) is 4.98 Å². The molecule has 0 atom stereocenters. The minimum absolute atomic E-state index is 0.0310. The number of pyridine rings is 1. The van der Waals surface area contributed by atoms with Crippen LogP contribution >= 0.6 is 0 Å². The first kappa shape index (κ1) is 16.6. The molecule has 0 aliphatic rings. The lowest BCUT2D eigenvalue weighted by Crippen LogP contribution is -2.06. The molecule has 118 valence electrons. The highest BCUT2D eigenvalue weighted by Gasteiger charge is 2.18. The first-order chi connectivity index (χ1) is 10.8. The van der Waals surface area contributed by atoms with Crippen molar-refractivity contribution < 1.29 is 14.6 Å². The summed E-state index contributed by atoms with van der Waals surface area (Å²) < 4.78 is 5.87. The number of aromatic carboxylic acids is 1. The Morgan fingerprint density at radius 3 is 2.22 bits per heavy atom. The van der Waals surface area contributed by atoms with Gasteiger partial charge in [0.2, 0.25) is 5.88 Å². The van der Waals surface area contributed by atoms with Gasteiger partial charge in [0.25, 0.3) is 0 Å². The van der Waals surface area contributed by atoms with Gasteiger partial charge in [0.05, 0.1) is 0 Å². The Labute approximate surface area is 136 Å². The predicted molar refractivity (Wildman–Crippen MR) is 89.2 cm³/mol. The summed E-state index contributed by atoms with van der Waals surface area (Å²) in [6, 6.07) is 5.52. The quantitative estimate of drug-likeness (QED) is 0.864. The fourth-order valence-electron chi connectivity index (χ4n) is 2.50. The van der Waals surface area contributed by atoms with Gasteiger partial charge in [-0.2, -0.15) is 0 Å². The summed E-state index contributed by atoms with van der Waals surface area (Å²) in [6.45, 7) is 9.35. The van der Waals surface area contributed by atoms with Crippen molar-refractivity contribution in [3.8, 4) is 23.5 Å². The van der Waals surface area contributed by atoms with Crippen molar-refractivity contribution in [3.05, 3.63) is 51.7 Å². The number of aryl methyl sites for hydroxylation is 4. The van der Waals surface area contributed by atoms with E-state index in [-0.39, 0.29) is 11.4 Å². The van der Waals surface area contributed by atoms with Crippen molar-refractivity contribution in [1.29, 1.82) is 0 Å². The van der Waals surface area contributed by atoms with E-state index in [0.29, 0.717) is 17.0 Å². The number of carboxylic acid groups (broad SMARTS) is 1. The zero-order valence-corrected chi connectivity index (χ0v) is 13.9. The van der Waals surface area contributed by atoms with E-state index in [1.165, 1.54) is 0 Å². The Hall–Kier alpha value is -2.80. The highest BCUT2D eigenvalue weighted by atomic mass is 16.5. The Morgan fingerprint density at radius 1 is 1.09 bits per heavy atom. The van der Waals surface area contributed by atoms with Crippen molar-refractivity contribution in [2.45, 2.75) is 34.6 Å². The molecule has 4 heteroatoms. The molecule has 2 rings (SSSR count). The van der Waals surface area contributed by atoms with E-state index in [4.69, 9.17) is 4.74 Å². The molecule has 0 saturated heterocycles. The minimum Gasteiger partial charge on any atom is -0.477 e. The van der Waals surface area contributed by atoms with Crippen molar-refractivity contribution in [2.24, 2.45) is 0 Å². The lowest BCUT2D eigenvalue weighted by Gasteiger charge is -2.14. The molecule has 4 nitrogen and oxygen atoms in total. The first-order valence-corrected chi connectivity index (χ1v) is 7.27. The summed E-state index contributed by atoms with van der Waals surface area (Å²) in [4.78, 5) is 15.8. The lowest BCUT2D eigenvalue weighted by molar-refractivity contribution is 0.0693. The van der Waals surface area contributed by atoms with E-state index in [9.17, 15) is 9.90 Å². The van der Waals surface area contributed by atoms with Crippen molar-refractivity contribution >= 4 is 5.97 Å². The van der Waals surface area contributed by atoms with E-state index in [1.807, 2.05) is 32.9 Å². The summed E-state index contributed by atoms with van der Waals surface area (Å²) in [6.07, 6.45) is 0. The van der Waals surface area contributed by atoms with Crippen LogP contribution < -0.4 is 4.74 Å². The van der Waals surface area contributed by atoms with E-state index < -0.39 is 5.97 Å². The average molecular weight is 309 g/mol. The molecule has 0 aliphatic heterocycles. The van der Waals surface area contributed by atoms with Crippen LogP contribution in [0.15, 0.2) is 18.2 Å². The summed E-state index contributed by atoms with van der Waals surface area (Å²) in [5.41, 5.74) is 4.26. The maximum atomic E-state index is 11.5. The molecule has 0 saturated carbocycles. The number of rotatable bonds is 3. The molecule has 2 aromatic rings. The highest BCUT2D eigenvalue weighted by molar-refractivity contribution is 5.90. The van der Waals surface area contributed by atoms with Crippen LogP contribution in [0.1, 0.15) is 45.2 Å². The number of ether oxygens (including phenoxy) is 1. The van der Waals surface area contributed by atoms with Crippen LogP contribution in [-0.2, 0) is 0 Å². The van der Waals surface area contributed by atoms with Gasteiger partial charge in [-0.15, -0.1) is 0 Å². The molecule has 1 N–H and O–H groups in total. The fourth-order valence-corrected chi connectivity index (χ4v) is 2.50. The minimum atomic E-state index is -1.07. The van der Waals surface area contributed by atoms with Crippen LogP contribution in [0, 0.1) is 39.5 Å². The number of hydrogen-bond acceptors (Lipinski definition) is 3. The van der Waals surface area contributed by atoms with Crippen LogP contribution in [0.2, 0.25) is 0 Å². The van der Waals surface area contributed by atoms with Gasteiger partial charge in [0, 0.05) is 0 Å². The molecule has 1 aromatic heterocycles. The second-order valence-electron chi connectivity index (χ2n) is 5.52. The molecule has 0 radical (unpaired) electrons. The SMILES string of the molecule is CC#Cc1nc(Oc2c(C)cc(C)cc2C)c(C(=O)O)cc1C. The van der Waals surface area contributed by atoms with Gasteiger partial charge in [-0.05, 0) is 63.3 Å². The Bertz CT molecular complexity index is 819. The standard InChI is InChI=1S/C19H19NO3/c1-6-7-16-12(3)10-15(19(21)22)18(20-16)23-17-13(4)8-11(2)9-14(17)5/h8-10H,1-5H3,(H,21,22). The summed E-state index contributed by atoms with van der Waals surface area (Å²) in [5.74, 6) is 5.27. The Balaban J connectivity index is 2.60. The van der Waals surface area contributed by atoms with Gasteiger partial charge >= 0.3 is 5.97 Å². The molecule has 0 amide bonds. The molecule has 1 aromatic carbocycles. The van der Waals surface area contributed by atoms with Gasteiger partial charge in [-0.25, -0.2) is 9.78 Å². The molecule has 0 spiro atoms. The number of aromatic nitrogens is 1. The van der Waals surface area contributed by atoms with Gasteiger partial charge in [0.1, 0.15) is 17.0 Å². The van der Waals surface area contributed by atoms with E-state index in [1.54, 1.807) is 19.9 Å². The lowest BCUT2D eigenvalue weighted by atomic mass is 10.1. The monoisotopic (exact) mass is 309 g/mol. The van der Waals surface area contributed by atoms with Gasteiger partial charge in [0.15, 0.2) is 0 Å². The van der Waals surface area contributed by atoms with Crippen LogP contribution in [0.3, 0.4) is 0 Å². The second-order valence-corrected chi connectivity index (χ2v) is 5.52. The zero-order valence-electron chi connectivity index (χ0n) is 13.9. The third-order valence-electron chi connectivity index (χ3n) is 3.46. The molecule has 0 fully saturated rings. The maximum Gasteiger partial charge on any atom is 0.341 e. The molecule has 1 heterocycles. The average Bonchev–Trinajstić information content (AvgIpc) is 2.45. The van der Waals surface area contributed by atoms with Gasteiger partial charge in [-0.1, -0.05) is 23.6 Å². The molecular formula is C19H19NO3. The fraction of sp³-hybridized carbons (Fsp3) is 0.263. The molecule has 23 heavy (non-hydrogen) atoms. The maximum absolute atomic E-state index is 11.5. The number of carboxylic acids is 1. The third kappa shape index (κ3) is 3.51. The van der Waals surface area contributed by atoms with Crippen molar-refractivity contribution in [3.63, 3.8) is 0 Å². The third-order valence-corrected chi connectivity index (χ3v) is 3.46. The van der Waals surface area contributed by atoms with Crippen LogP contribution in [0.25, 0.3) is 0 Å².